The molecule has 3 aromatic rings. The number of nitriles is 1. The molecule has 4 rings (SSSR count). The largest absolute Gasteiger partial charge is 0.617 e. The van der Waals surface area contributed by atoms with E-state index in [9.17, 15) is 15.7 Å². The van der Waals surface area contributed by atoms with Crippen molar-refractivity contribution in [1.82, 2.24) is 4.90 Å². The van der Waals surface area contributed by atoms with Gasteiger partial charge in [0.2, 0.25) is 0 Å². The quantitative estimate of drug-likeness (QED) is 0.520. The van der Waals surface area contributed by atoms with Crippen LogP contribution in [0, 0.1) is 21.7 Å². The summed E-state index contributed by atoms with van der Waals surface area (Å²) in [5.74, 6) is 0. The van der Waals surface area contributed by atoms with Crippen LogP contribution < -0.4 is 14.4 Å². The summed E-state index contributed by atoms with van der Waals surface area (Å²) in [6.45, 7) is 3.93. The maximum absolute atomic E-state index is 13.0. The Balaban J connectivity index is 1.77. The Kier molecular flexibility index (Phi) is 5.16. The minimum atomic E-state index is -0.219. The molecule has 8 nitrogen and oxygen atoms in total. The summed E-state index contributed by atoms with van der Waals surface area (Å²) in [6.07, 6.45) is 0. The summed E-state index contributed by atoms with van der Waals surface area (Å²) < 4.78 is 1.22. The molecule has 2 heterocycles. The molecule has 1 saturated heterocycles. The lowest BCUT2D eigenvalue weighted by atomic mass is 10.1. The lowest BCUT2D eigenvalue weighted by molar-refractivity contribution is -0.622. The van der Waals surface area contributed by atoms with E-state index in [0.717, 1.165) is 31.9 Å². The van der Waals surface area contributed by atoms with Gasteiger partial charge in [-0.2, -0.15) is 9.99 Å². The standard InChI is InChI=1S/C21H21N5O3/c22-15-20-21(16-4-2-1-3-5-16)26(29)18-7-6-17(14-19(18)25(20)28)24-10-8-23(9-11-24)12-13-27/h1-7,14,27H,8-13H2. The van der Waals surface area contributed by atoms with Crippen molar-refractivity contribution in [3.63, 3.8) is 0 Å². The van der Waals surface area contributed by atoms with Crippen molar-refractivity contribution in [3.05, 3.63) is 64.6 Å². The molecule has 8 heteroatoms. The maximum Gasteiger partial charge on any atom is 0.369 e. The maximum atomic E-state index is 13.0. The molecule has 0 atom stereocenters. The summed E-state index contributed by atoms with van der Waals surface area (Å²) >= 11 is 0. The van der Waals surface area contributed by atoms with Crippen LogP contribution in [0.1, 0.15) is 5.69 Å². The van der Waals surface area contributed by atoms with Crippen LogP contribution in [0.3, 0.4) is 0 Å². The summed E-state index contributed by atoms with van der Waals surface area (Å²) in [4.78, 5) is 4.32. The molecule has 0 aliphatic carbocycles. The number of β-amino-alcohol motifs (C(OH)–C–C–N with tert-alkyl or cyclic N) is 1. The van der Waals surface area contributed by atoms with Gasteiger partial charge in [0.15, 0.2) is 6.07 Å². The first-order valence-electron chi connectivity index (χ1n) is 9.50. The Morgan fingerprint density at radius 3 is 2.34 bits per heavy atom. The van der Waals surface area contributed by atoms with Gasteiger partial charge >= 0.3 is 11.4 Å². The topological polar surface area (TPSA) is 104 Å². The second-order valence-electron chi connectivity index (χ2n) is 6.99. The third-order valence-corrected chi connectivity index (χ3v) is 5.33. The molecule has 0 bridgehead atoms. The van der Waals surface area contributed by atoms with Gasteiger partial charge in [0.25, 0.3) is 11.0 Å². The van der Waals surface area contributed by atoms with Crippen LogP contribution in [-0.2, 0) is 0 Å². The van der Waals surface area contributed by atoms with E-state index in [1.165, 1.54) is 0 Å². The monoisotopic (exact) mass is 391 g/mol. The van der Waals surface area contributed by atoms with Crippen LogP contribution in [-0.4, -0.2) is 49.3 Å². The van der Waals surface area contributed by atoms with E-state index in [1.807, 2.05) is 18.2 Å². The number of piperazine rings is 1. The van der Waals surface area contributed by atoms with Crippen molar-refractivity contribution < 1.29 is 14.6 Å². The van der Waals surface area contributed by atoms with Crippen LogP contribution in [0.25, 0.3) is 22.3 Å². The number of aliphatic hydroxyl groups excluding tert-OH is 1. The molecular formula is C21H21N5O3. The Morgan fingerprint density at radius 1 is 0.966 bits per heavy atom. The van der Waals surface area contributed by atoms with Crippen molar-refractivity contribution in [3.8, 4) is 17.3 Å². The fourth-order valence-electron chi connectivity index (χ4n) is 3.80. The van der Waals surface area contributed by atoms with E-state index in [2.05, 4.69) is 9.80 Å². The molecule has 1 N–H and O–H groups in total. The molecule has 0 amide bonds. The number of benzene rings is 2. The third-order valence-electron chi connectivity index (χ3n) is 5.33. The highest BCUT2D eigenvalue weighted by Crippen LogP contribution is 2.24. The number of fused-ring (bicyclic) bond motifs is 1. The Bertz CT molecular complexity index is 1070. The third kappa shape index (κ3) is 3.42. The molecule has 0 radical (unpaired) electrons. The first-order chi connectivity index (χ1) is 14.1. The van der Waals surface area contributed by atoms with Gasteiger partial charge in [-0.1, -0.05) is 18.2 Å². The molecule has 29 heavy (non-hydrogen) atoms. The summed E-state index contributed by atoms with van der Waals surface area (Å²) in [6, 6.07) is 15.8. The zero-order valence-corrected chi connectivity index (χ0v) is 15.9. The van der Waals surface area contributed by atoms with E-state index in [4.69, 9.17) is 5.11 Å². The van der Waals surface area contributed by atoms with Gasteiger partial charge in [0, 0.05) is 50.5 Å². The minimum Gasteiger partial charge on any atom is -0.617 e. The molecule has 0 unspecified atom stereocenters. The average molecular weight is 391 g/mol. The van der Waals surface area contributed by atoms with E-state index in [0.29, 0.717) is 21.6 Å². The number of rotatable bonds is 4. The fraction of sp³-hybridized carbons (Fsp3) is 0.286. The van der Waals surface area contributed by atoms with Crippen LogP contribution in [0.15, 0.2) is 48.5 Å². The van der Waals surface area contributed by atoms with Crippen LogP contribution in [0.4, 0.5) is 5.69 Å². The zero-order valence-electron chi connectivity index (χ0n) is 15.9. The Labute approximate surface area is 168 Å². The number of nitrogens with zero attached hydrogens (tertiary/aromatic N) is 5. The highest BCUT2D eigenvalue weighted by molar-refractivity contribution is 5.76. The second-order valence-corrected chi connectivity index (χ2v) is 6.99. The second kappa shape index (κ2) is 7.91. The van der Waals surface area contributed by atoms with Gasteiger partial charge in [0.1, 0.15) is 0 Å². The smallest absolute Gasteiger partial charge is 0.369 e. The van der Waals surface area contributed by atoms with Crippen molar-refractivity contribution in [2.24, 2.45) is 0 Å². The lowest BCUT2D eigenvalue weighted by Crippen LogP contribution is -2.47. The van der Waals surface area contributed by atoms with Gasteiger partial charge in [-0.25, -0.2) is 0 Å². The average Bonchev–Trinajstić information content (AvgIpc) is 2.77. The molecule has 0 spiro atoms. The zero-order chi connectivity index (χ0) is 20.4. The van der Waals surface area contributed by atoms with Crippen molar-refractivity contribution >= 4 is 16.7 Å². The minimum absolute atomic E-state index is 0.0565. The number of aromatic nitrogens is 2. The predicted octanol–water partition coefficient (Wildman–Crippen LogP) is 0.760. The Hall–Kier alpha value is -3.41. The molecular weight excluding hydrogens is 370 g/mol. The molecule has 1 aliphatic rings. The van der Waals surface area contributed by atoms with Crippen molar-refractivity contribution in [2.75, 3.05) is 44.2 Å². The van der Waals surface area contributed by atoms with E-state index < -0.39 is 0 Å². The van der Waals surface area contributed by atoms with Crippen LogP contribution in [0.2, 0.25) is 0 Å². The van der Waals surface area contributed by atoms with E-state index in [1.54, 1.807) is 36.4 Å². The molecule has 0 saturated carbocycles. The van der Waals surface area contributed by atoms with E-state index >= 15 is 0 Å². The number of hydrogen-bond donors (Lipinski definition) is 1. The first kappa shape index (κ1) is 18.9. The molecule has 2 aromatic carbocycles. The number of hydrogen-bond acceptors (Lipinski definition) is 6. The summed E-state index contributed by atoms with van der Waals surface area (Å²) in [5.41, 5.74) is 1.59. The van der Waals surface area contributed by atoms with Crippen molar-refractivity contribution in [2.45, 2.75) is 0 Å². The number of anilines is 1. The molecule has 1 fully saturated rings. The summed E-state index contributed by atoms with van der Waals surface area (Å²) in [7, 11) is 0. The summed E-state index contributed by atoms with van der Waals surface area (Å²) in [5, 5.41) is 44.7. The Morgan fingerprint density at radius 2 is 1.69 bits per heavy atom. The van der Waals surface area contributed by atoms with E-state index in [-0.39, 0.29) is 29.0 Å². The van der Waals surface area contributed by atoms with Gasteiger partial charge in [0.05, 0.1) is 12.2 Å². The van der Waals surface area contributed by atoms with Crippen molar-refractivity contribution in [1.29, 1.82) is 5.26 Å². The van der Waals surface area contributed by atoms with Crippen LogP contribution >= 0.6 is 0 Å². The normalized spacial score (nSPS) is 14.8. The van der Waals surface area contributed by atoms with Crippen LogP contribution in [0.5, 0.6) is 0 Å². The highest BCUT2D eigenvalue weighted by Gasteiger charge is 2.30. The lowest BCUT2D eigenvalue weighted by Gasteiger charge is -2.35. The molecule has 148 valence electrons. The first-order valence-corrected chi connectivity index (χ1v) is 9.50. The van der Waals surface area contributed by atoms with Gasteiger partial charge in [-0.3, -0.25) is 4.90 Å². The van der Waals surface area contributed by atoms with Gasteiger partial charge < -0.3 is 20.4 Å². The SMILES string of the molecule is N#Cc1c(-c2ccccc2)[n+]([O-])c2ccc(N3CCN(CCO)CC3)cc2[n+]1[O-]. The number of aliphatic hydroxyl groups is 1. The highest BCUT2D eigenvalue weighted by atomic mass is 16.5. The molecule has 1 aliphatic heterocycles. The molecule has 1 aromatic heterocycles. The van der Waals surface area contributed by atoms with Gasteiger partial charge in [-0.05, 0) is 18.2 Å². The van der Waals surface area contributed by atoms with Gasteiger partial charge in [-0.15, -0.1) is 4.73 Å². The predicted molar refractivity (Wildman–Crippen MR) is 108 cm³/mol. The fourth-order valence-corrected chi connectivity index (χ4v) is 3.80.